The molecule has 1 aromatic carbocycles. The largest absolute Gasteiger partial charge is 0.451 e. The lowest BCUT2D eigenvalue weighted by Gasteiger charge is -2.24. The van der Waals surface area contributed by atoms with E-state index in [0.29, 0.717) is 0 Å². The molecule has 1 aromatic rings. The van der Waals surface area contributed by atoms with Gasteiger partial charge in [0.2, 0.25) is 5.96 Å². The van der Waals surface area contributed by atoms with Gasteiger partial charge in [-0.3, -0.25) is 4.90 Å². The van der Waals surface area contributed by atoms with Gasteiger partial charge in [0.25, 0.3) is 0 Å². The summed E-state index contributed by atoms with van der Waals surface area (Å²) in [7, 11) is 5.51. The van der Waals surface area contributed by atoms with E-state index >= 15 is 0 Å². The van der Waals surface area contributed by atoms with E-state index in [1.54, 1.807) is 0 Å². The fourth-order valence-corrected chi connectivity index (χ4v) is 1.67. The first kappa shape index (κ1) is 19.3. The number of hydrogen-bond donors (Lipinski definition) is 1. The molecule has 10 heteroatoms. The van der Waals surface area contributed by atoms with Crippen molar-refractivity contribution in [1.29, 1.82) is 0 Å². The number of urea groups is 1. The van der Waals surface area contributed by atoms with Crippen LogP contribution in [0.5, 0.6) is 0 Å². The Morgan fingerprint density at radius 3 is 2.33 bits per heavy atom. The molecule has 0 fully saturated rings. The Labute approximate surface area is 136 Å². The van der Waals surface area contributed by atoms with Crippen molar-refractivity contribution < 1.29 is 27.5 Å². The van der Waals surface area contributed by atoms with Crippen LogP contribution in [0.15, 0.2) is 29.3 Å². The van der Waals surface area contributed by atoms with Gasteiger partial charge in [-0.2, -0.15) is 13.2 Å². The summed E-state index contributed by atoms with van der Waals surface area (Å²) in [5, 5.41) is 2.31. The molecule has 0 heterocycles. The van der Waals surface area contributed by atoms with Crippen LogP contribution < -0.4 is 5.32 Å². The van der Waals surface area contributed by atoms with Crippen LogP contribution in [0, 0.1) is 0 Å². The first-order chi connectivity index (χ1) is 11.1. The van der Waals surface area contributed by atoms with E-state index < -0.39 is 23.9 Å². The Bertz CT molecular complexity index is 644. The van der Waals surface area contributed by atoms with Crippen LogP contribution in [0.1, 0.15) is 5.56 Å². The van der Waals surface area contributed by atoms with Crippen LogP contribution in [0.3, 0.4) is 0 Å². The number of guanidine groups is 1. The lowest BCUT2D eigenvalue weighted by molar-refractivity contribution is -0.137. The quantitative estimate of drug-likeness (QED) is 0.627. The monoisotopic (exact) mass is 346 g/mol. The molecular weight excluding hydrogens is 329 g/mol. The van der Waals surface area contributed by atoms with Gasteiger partial charge < -0.3 is 15.0 Å². The average molecular weight is 346 g/mol. The highest BCUT2D eigenvalue weighted by Gasteiger charge is 2.30. The van der Waals surface area contributed by atoms with E-state index in [1.807, 2.05) is 0 Å². The predicted molar refractivity (Wildman–Crippen MR) is 81.8 cm³/mol. The summed E-state index contributed by atoms with van der Waals surface area (Å²) in [6.45, 7) is 0. The number of nitrogens with zero attached hydrogens (tertiary/aromatic N) is 3. The summed E-state index contributed by atoms with van der Waals surface area (Å²) in [6, 6.07) is 3.41. The molecule has 24 heavy (non-hydrogen) atoms. The van der Waals surface area contributed by atoms with Crippen LogP contribution in [-0.2, 0) is 10.9 Å². The minimum Gasteiger partial charge on any atom is -0.451 e. The zero-order chi connectivity index (χ0) is 18.5. The molecule has 132 valence electrons. The molecule has 0 radical (unpaired) electrons. The van der Waals surface area contributed by atoms with E-state index in [4.69, 9.17) is 0 Å². The van der Waals surface area contributed by atoms with Crippen LogP contribution in [0.25, 0.3) is 0 Å². The van der Waals surface area contributed by atoms with Crippen LogP contribution >= 0.6 is 0 Å². The van der Waals surface area contributed by atoms with E-state index in [9.17, 15) is 22.8 Å². The summed E-state index contributed by atoms with van der Waals surface area (Å²) in [5.74, 6) is -0.0497. The maximum Gasteiger partial charge on any atom is 0.436 e. The van der Waals surface area contributed by atoms with Gasteiger partial charge in [0, 0.05) is 26.8 Å². The number of carbonyl (C=O) groups is 2. The summed E-state index contributed by atoms with van der Waals surface area (Å²) >= 11 is 0. The molecule has 0 atom stereocenters. The standard InChI is InChI=1S/C14H17F3N4O3/c1-20(2)11(19-13(23)24-4)21(3)12(22)18-10-7-5-6-9(8-10)14(15,16)17/h5-8H,1-4H3,(H,18,22)/b19-11-. The van der Waals surface area contributed by atoms with Crippen molar-refractivity contribution in [3.63, 3.8) is 0 Å². The molecule has 0 spiro atoms. The fraction of sp³-hybridized carbons (Fsp3) is 0.357. The van der Waals surface area contributed by atoms with Crippen molar-refractivity contribution in [1.82, 2.24) is 9.80 Å². The van der Waals surface area contributed by atoms with Crippen molar-refractivity contribution in [2.75, 3.05) is 33.6 Å². The zero-order valence-electron chi connectivity index (χ0n) is 13.5. The van der Waals surface area contributed by atoms with Crippen LogP contribution in [0.2, 0.25) is 0 Å². The molecule has 0 aliphatic heterocycles. The number of benzene rings is 1. The summed E-state index contributed by atoms with van der Waals surface area (Å²) in [5.41, 5.74) is -0.933. The molecule has 1 rings (SSSR count). The number of carbonyl (C=O) groups excluding carboxylic acids is 2. The molecule has 0 unspecified atom stereocenters. The molecule has 0 aliphatic rings. The van der Waals surface area contributed by atoms with Gasteiger partial charge in [-0.1, -0.05) is 6.07 Å². The molecule has 0 saturated heterocycles. The Hall–Kier alpha value is -2.78. The second kappa shape index (κ2) is 7.66. The molecule has 7 nitrogen and oxygen atoms in total. The third-order valence-corrected chi connectivity index (χ3v) is 2.81. The van der Waals surface area contributed by atoms with Gasteiger partial charge in [0.05, 0.1) is 12.7 Å². The van der Waals surface area contributed by atoms with E-state index in [0.717, 1.165) is 24.1 Å². The SMILES string of the molecule is COC(=O)/N=C(/N(C)C)N(C)C(=O)Nc1cccc(C(F)(F)F)c1. The van der Waals surface area contributed by atoms with Crippen LogP contribution in [0.4, 0.5) is 28.4 Å². The molecule has 0 aromatic heterocycles. The maximum absolute atomic E-state index is 12.7. The highest BCUT2D eigenvalue weighted by atomic mass is 19.4. The fourth-order valence-electron chi connectivity index (χ4n) is 1.67. The molecule has 0 bridgehead atoms. The molecule has 1 N–H and O–H groups in total. The lowest BCUT2D eigenvalue weighted by Crippen LogP contribution is -2.44. The Balaban J connectivity index is 2.97. The normalized spacial score (nSPS) is 11.7. The van der Waals surface area contributed by atoms with Gasteiger partial charge in [0.15, 0.2) is 0 Å². The second-order valence-corrected chi connectivity index (χ2v) is 4.84. The van der Waals surface area contributed by atoms with Gasteiger partial charge >= 0.3 is 18.3 Å². The summed E-state index contributed by atoms with van der Waals surface area (Å²) in [6.07, 6.45) is -5.44. The molecule has 3 amide bonds. The van der Waals surface area contributed by atoms with Crippen molar-refractivity contribution in [3.8, 4) is 0 Å². The van der Waals surface area contributed by atoms with E-state index in [-0.39, 0.29) is 11.6 Å². The number of alkyl halides is 3. The van der Waals surface area contributed by atoms with Gasteiger partial charge in [-0.05, 0) is 18.2 Å². The molecule has 0 aliphatic carbocycles. The van der Waals surface area contributed by atoms with Gasteiger partial charge in [0.1, 0.15) is 0 Å². The second-order valence-electron chi connectivity index (χ2n) is 4.84. The number of nitrogens with one attached hydrogen (secondary N) is 1. The van der Waals surface area contributed by atoms with Gasteiger partial charge in [-0.15, -0.1) is 4.99 Å². The molecular formula is C14H17F3N4O3. The number of anilines is 1. The Kier molecular flexibility index (Phi) is 6.15. The number of hydrogen-bond acceptors (Lipinski definition) is 3. The minimum absolute atomic E-state index is 0.0437. The number of halogens is 3. The third-order valence-electron chi connectivity index (χ3n) is 2.81. The Morgan fingerprint density at radius 2 is 1.83 bits per heavy atom. The highest BCUT2D eigenvalue weighted by molar-refractivity contribution is 6.04. The minimum atomic E-state index is -4.52. The number of rotatable bonds is 1. The average Bonchev–Trinajstić information content (AvgIpc) is 2.50. The number of ether oxygens (including phenoxy) is 1. The van der Waals surface area contributed by atoms with Crippen LogP contribution in [-0.4, -0.2) is 56.1 Å². The van der Waals surface area contributed by atoms with E-state index in [1.165, 1.54) is 38.2 Å². The summed E-state index contributed by atoms with van der Waals surface area (Å²) in [4.78, 5) is 29.3. The smallest absolute Gasteiger partial charge is 0.436 e. The van der Waals surface area contributed by atoms with E-state index in [2.05, 4.69) is 15.0 Å². The zero-order valence-corrected chi connectivity index (χ0v) is 13.5. The van der Waals surface area contributed by atoms with Crippen molar-refractivity contribution in [2.45, 2.75) is 6.18 Å². The number of methoxy groups -OCH3 is 1. The number of aliphatic imine (C=N–C) groups is 1. The first-order valence-electron chi connectivity index (χ1n) is 6.62. The van der Waals surface area contributed by atoms with Crippen molar-refractivity contribution in [2.24, 2.45) is 4.99 Å². The third kappa shape index (κ3) is 5.14. The van der Waals surface area contributed by atoms with Crippen molar-refractivity contribution >= 4 is 23.8 Å². The lowest BCUT2D eigenvalue weighted by atomic mass is 10.2. The number of amides is 3. The Morgan fingerprint density at radius 1 is 1.21 bits per heavy atom. The predicted octanol–water partition coefficient (Wildman–Crippen LogP) is 2.85. The first-order valence-corrected chi connectivity index (χ1v) is 6.62. The van der Waals surface area contributed by atoms with Crippen molar-refractivity contribution in [3.05, 3.63) is 29.8 Å². The highest BCUT2D eigenvalue weighted by Crippen LogP contribution is 2.30. The summed E-state index contributed by atoms with van der Waals surface area (Å²) < 4.78 is 42.4. The maximum atomic E-state index is 12.7. The molecule has 0 saturated carbocycles. The van der Waals surface area contributed by atoms with Gasteiger partial charge in [-0.25, -0.2) is 9.59 Å². The topological polar surface area (TPSA) is 74.2 Å².